The van der Waals surface area contributed by atoms with E-state index >= 15 is 0 Å². The van der Waals surface area contributed by atoms with Crippen LogP contribution in [0.1, 0.15) is 37.6 Å². The lowest BCUT2D eigenvalue weighted by atomic mass is 9.91. The minimum atomic E-state index is -0.934. The normalized spacial score (nSPS) is 11.2. The molecule has 0 saturated carbocycles. The number of phenols is 1. The number of benzene rings is 2. The molecule has 2 aromatic rings. The predicted octanol–water partition coefficient (Wildman–Crippen LogP) is 3.21. The van der Waals surface area contributed by atoms with Crippen LogP contribution in [0.3, 0.4) is 0 Å². The van der Waals surface area contributed by atoms with Crippen LogP contribution < -0.4 is 0 Å². The van der Waals surface area contributed by atoms with Crippen LogP contribution in [0.25, 0.3) is 10.8 Å². The molecule has 0 aliphatic carbocycles. The van der Waals surface area contributed by atoms with Crippen molar-refractivity contribution in [2.24, 2.45) is 5.41 Å². The second-order valence-electron chi connectivity index (χ2n) is 6.32. The van der Waals surface area contributed by atoms with E-state index < -0.39 is 29.9 Å². The van der Waals surface area contributed by atoms with E-state index in [0.717, 1.165) is 10.8 Å². The standard InChI is InChI=1S/C19H20O6/c1-4-19(2,3)18(23)24-11-16(21)25-17(22)14-6-5-13-10-15(20)8-7-12(13)9-14/h5-10,20H,4,11H2,1-3H3. The number of carbonyl (C=O) groups excluding carboxylic acids is 3. The molecular weight excluding hydrogens is 324 g/mol. The molecule has 0 saturated heterocycles. The van der Waals surface area contributed by atoms with Crippen LogP contribution in [0.4, 0.5) is 0 Å². The van der Waals surface area contributed by atoms with Crippen LogP contribution in [0, 0.1) is 5.41 Å². The molecule has 2 aromatic carbocycles. The lowest BCUT2D eigenvalue weighted by molar-refractivity contribution is -0.162. The minimum Gasteiger partial charge on any atom is -0.508 e. The molecule has 0 radical (unpaired) electrons. The molecule has 0 amide bonds. The van der Waals surface area contributed by atoms with Crippen molar-refractivity contribution in [1.29, 1.82) is 0 Å². The van der Waals surface area contributed by atoms with E-state index in [1.807, 2.05) is 6.92 Å². The van der Waals surface area contributed by atoms with Crippen LogP contribution in [0.15, 0.2) is 36.4 Å². The zero-order valence-corrected chi connectivity index (χ0v) is 14.4. The molecule has 0 aliphatic rings. The Morgan fingerprint density at radius 1 is 1.04 bits per heavy atom. The average molecular weight is 344 g/mol. The van der Waals surface area contributed by atoms with Gasteiger partial charge in [-0.3, -0.25) is 4.79 Å². The van der Waals surface area contributed by atoms with Gasteiger partial charge < -0.3 is 14.6 Å². The van der Waals surface area contributed by atoms with Gasteiger partial charge in [-0.1, -0.05) is 19.1 Å². The SMILES string of the molecule is CCC(C)(C)C(=O)OCC(=O)OC(=O)c1ccc2cc(O)ccc2c1. The Hall–Kier alpha value is -2.89. The molecule has 0 aliphatic heterocycles. The number of hydrogen-bond donors (Lipinski definition) is 1. The van der Waals surface area contributed by atoms with Gasteiger partial charge in [-0.15, -0.1) is 0 Å². The maximum atomic E-state index is 12.0. The van der Waals surface area contributed by atoms with Gasteiger partial charge in [0.05, 0.1) is 11.0 Å². The monoisotopic (exact) mass is 344 g/mol. The molecule has 1 N–H and O–H groups in total. The molecule has 6 heteroatoms. The fourth-order valence-electron chi connectivity index (χ4n) is 2.02. The maximum Gasteiger partial charge on any atom is 0.352 e. The van der Waals surface area contributed by atoms with E-state index in [9.17, 15) is 19.5 Å². The van der Waals surface area contributed by atoms with Gasteiger partial charge in [-0.25, -0.2) is 9.59 Å². The number of carbonyl (C=O) groups is 3. The number of rotatable bonds is 5. The smallest absolute Gasteiger partial charge is 0.352 e. The molecule has 0 aromatic heterocycles. The van der Waals surface area contributed by atoms with Gasteiger partial charge in [0.1, 0.15) is 5.75 Å². The van der Waals surface area contributed by atoms with Gasteiger partial charge in [0.15, 0.2) is 6.61 Å². The van der Waals surface area contributed by atoms with Gasteiger partial charge in [-0.2, -0.15) is 0 Å². The fraction of sp³-hybridized carbons (Fsp3) is 0.316. The van der Waals surface area contributed by atoms with Crippen LogP contribution in [-0.2, 0) is 19.1 Å². The predicted molar refractivity (Wildman–Crippen MR) is 91.1 cm³/mol. The fourth-order valence-corrected chi connectivity index (χ4v) is 2.02. The van der Waals surface area contributed by atoms with E-state index in [1.54, 1.807) is 38.1 Å². The number of phenolic OH excluding ortho intramolecular Hbond substituents is 1. The van der Waals surface area contributed by atoms with Crippen LogP contribution >= 0.6 is 0 Å². The second-order valence-corrected chi connectivity index (χ2v) is 6.32. The van der Waals surface area contributed by atoms with Gasteiger partial charge in [0.25, 0.3) is 0 Å². The number of hydrogen-bond acceptors (Lipinski definition) is 6. The third-order valence-electron chi connectivity index (χ3n) is 4.02. The molecule has 0 bridgehead atoms. The van der Waals surface area contributed by atoms with Gasteiger partial charge >= 0.3 is 17.9 Å². The van der Waals surface area contributed by atoms with Gasteiger partial charge in [-0.05, 0) is 55.3 Å². The summed E-state index contributed by atoms with van der Waals surface area (Å²) in [7, 11) is 0. The number of aromatic hydroxyl groups is 1. The van der Waals surface area contributed by atoms with E-state index in [4.69, 9.17) is 9.47 Å². The summed E-state index contributed by atoms with van der Waals surface area (Å²) in [4.78, 5) is 35.5. The topological polar surface area (TPSA) is 89.9 Å². The summed E-state index contributed by atoms with van der Waals surface area (Å²) in [5, 5.41) is 10.9. The van der Waals surface area contributed by atoms with Gasteiger partial charge in [0, 0.05) is 0 Å². The Balaban J connectivity index is 1.98. The Kier molecular flexibility index (Phi) is 5.41. The van der Waals surface area contributed by atoms with Crippen molar-refractivity contribution in [1.82, 2.24) is 0 Å². The number of ether oxygens (including phenoxy) is 2. The quantitative estimate of drug-likeness (QED) is 0.662. The van der Waals surface area contributed by atoms with Crippen molar-refractivity contribution in [3.8, 4) is 5.75 Å². The van der Waals surface area contributed by atoms with E-state index in [0.29, 0.717) is 6.42 Å². The zero-order chi connectivity index (χ0) is 18.6. The van der Waals surface area contributed by atoms with Crippen LogP contribution in [-0.4, -0.2) is 29.6 Å². The first-order valence-electron chi connectivity index (χ1n) is 7.88. The third-order valence-corrected chi connectivity index (χ3v) is 4.02. The molecule has 0 unspecified atom stereocenters. The van der Waals surface area contributed by atoms with Gasteiger partial charge in [0.2, 0.25) is 0 Å². The number of esters is 3. The van der Waals surface area contributed by atoms with Crippen molar-refractivity contribution in [2.45, 2.75) is 27.2 Å². The Bertz CT molecular complexity index is 822. The summed E-state index contributed by atoms with van der Waals surface area (Å²) in [6.45, 7) is 4.63. The highest BCUT2D eigenvalue weighted by Gasteiger charge is 2.28. The average Bonchev–Trinajstić information content (AvgIpc) is 2.58. The van der Waals surface area contributed by atoms with Crippen molar-refractivity contribution < 1.29 is 29.0 Å². The highest BCUT2D eigenvalue weighted by Crippen LogP contribution is 2.22. The highest BCUT2D eigenvalue weighted by atomic mass is 16.6. The van der Waals surface area contributed by atoms with E-state index in [2.05, 4.69) is 0 Å². The van der Waals surface area contributed by atoms with Crippen molar-refractivity contribution >= 4 is 28.7 Å². The summed E-state index contributed by atoms with van der Waals surface area (Å²) in [5.74, 6) is -2.17. The zero-order valence-electron chi connectivity index (χ0n) is 14.4. The Labute approximate surface area is 145 Å². The second kappa shape index (κ2) is 7.34. The molecule has 0 fully saturated rings. The first-order chi connectivity index (χ1) is 11.7. The third kappa shape index (κ3) is 4.56. The first kappa shape index (κ1) is 18.4. The lowest BCUT2D eigenvalue weighted by Crippen LogP contribution is -2.29. The van der Waals surface area contributed by atoms with Crippen LogP contribution in [0.5, 0.6) is 5.75 Å². The molecule has 0 heterocycles. The van der Waals surface area contributed by atoms with E-state index in [1.165, 1.54) is 12.1 Å². The highest BCUT2D eigenvalue weighted by molar-refractivity contribution is 6.00. The molecule has 132 valence electrons. The summed E-state index contributed by atoms with van der Waals surface area (Å²) in [6, 6.07) is 9.39. The number of fused-ring (bicyclic) bond motifs is 1. The largest absolute Gasteiger partial charge is 0.508 e. The Morgan fingerprint density at radius 3 is 2.36 bits per heavy atom. The maximum absolute atomic E-state index is 12.0. The molecule has 6 nitrogen and oxygen atoms in total. The first-order valence-corrected chi connectivity index (χ1v) is 7.88. The minimum absolute atomic E-state index is 0.120. The van der Waals surface area contributed by atoms with Crippen molar-refractivity contribution in [3.63, 3.8) is 0 Å². The Morgan fingerprint density at radius 2 is 1.68 bits per heavy atom. The molecular formula is C19H20O6. The summed E-state index contributed by atoms with van der Waals surface area (Å²) in [5.41, 5.74) is -0.513. The summed E-state index contributed by atoms with van der Waals surface area (Å²) < 4.78 is 9.59. The summed E-state index contributed by atoms with van der Waals surface area (Å²) >= 11 is 0. The molecule has 2 rings (SSSR count). The van der Waals surface area contributed by atoms with Crippen molar-refractivity contribution in [3.05, 3.63) is 42.0 Å². The van der Waals surface area contributed by atoms with Crippen molar-refractivity contribution in [2.75, 3.05) is 6.61 Å². The molecule has 25 heavy (non-hydrogen) atoms. The lowest BCUT2D eigenvalue weighted by Gasteiger charge is -2.19. The summed E-state index contributed by atoms with van der Waals surface area (Å²) in [6.07, 6.45) is 0.562. The molecule has 0 atom stereocenters. The molecule has 0 spiro atoms. The van der Waals surface area contributed by atoms with E-state index in [-0.39, 0.29) is 11.3 Å². The van der Waals surface area contributed by atoms with Crippen LogP contribution in [0.2, 0.25) is 0 Å².